The molecule has 0 spiro atoms. The van der Waals surface area contributed by atoms with Gasteiger partial charge in [0.25, 0.3) is 5.91 Å². The number of carbonyl (C=O) groups is 1. The highest BCUT2D eigenvalue weighted by molar-refractivity contribution is 6.31. The second-order valence-electron chi connectivity index (χ2n) is 5.85. The zero-order valence-electron chi connectivity index (χ0n) is 13.3. The summed E-state index contributed by atoms with van der Waals surface area (Å²) < 4.78 is 0. The van der Waals surface area contributed by atoms with E-state index in [1.807, 2.05) is 29.2 Å². The Morgan fingerprint density at radius 1 is 1.08 bits per heavy atom. The summed E-state index contributed by atoms with van der Waals surface area (Å²) in [5.74, 6) is -0.00973. The molecule has 0 atom stereocenters. The molecule has 122 valence electrons. The molecule has 0 unspecified atom stereocenters. The summed E-state index contributed by atoms with van der Waals surface area (Å²) in [6.45, 7) is 3.79. The number of hydrogen-bond acceptors (Lipinski definition) is 3. The van der Waals surface area contributed by atoms with Crippen LogP contribution in [0.1, 0.15) is 21.5 Å². The van der Waals surface area contributed by atoms with Gasteiger partial charge in [-0.15, -0.1) is 0 Å². The van der Waals surface area contributed by atoms with Crippen LogP contribution >= 0.6 is 11.6 Å². The minimum absolute atomic E-state index is 0.00973. The minimum Gasteiger partial charge on any atom is -0.336 e. The number of carbonyl (C=O) groups excluding carboxylic acids is 1. The van der Waals surface area contributed by atoms with Crippen molar-refractivity contribution >= 4 is 17.5 Å². The number of hydrogen-bond donors (Lipinski definition) is 0. The molecule has 1 fully saturated rings. The van der Waals surface area contributed by atoms with E-state index in [1.54, 1.807) is 24.3 Å². The molecule has 1 aliphatic heterocycles. The molecule has 0 aromatic heterocycles. The highest BCUT2D eigenvalue weighted by atomic mass is 35.5. The molecular weight excluding hydrogens is 322 g/mol. The fraction of sp³-hybridized carbons (Fsp3) is 0.263. The monoisotopic (exact) mass is 339 g/mol. The van der Waals surface area contributed by atoms with Crippen molar-refractivity contribution in [3.8, 4) is 6.07 Å². The predicted molar refractivity (Wildman–Crippen MR) is 93.8 cm³/mol. The zero-order valence-corrected chi connectivity index (χ0v) is 14.0. The molecule has 1 amide bonds. The number of halogens is 1. The molecule has 0 radical (unpaired) electrons. The van der Waals surface area contributed by atoms with E-state index in [9.17, 15) is 4.79 Å². The smallest absolute Gasteiger partial charge is 0.253 e. The van der Waals surface area contributed by atoms with Crippen LogP contribution in [0.5, 0.6) is 0 Å². The maximum Gasteiger partial charge on any atom is 0.253 e. The van der Waals surface area contributed by atoms with Crippen LogP contribution in [0.3, 0.4) is 0 Å². The van der Waals surface area contributed by atoms with Crippen molar-refractivity contribution in [1.29, 1.82) is 5.26 Å². The van der Waals surface area contributed by atoms with Crippen LogP contribution in [0.25, 0.3) is 0 Å². The molecule has 5 heteroatoms. The second kappa shape index (κ2) is 7.48. The van der Waals surface area contributed by atoms with E-state index in [0.717, 1.165) is 30.2 Å². The molecule has 0 N–H and O–H groups in total. The lowest BCUT2D eigenvalue weighted by Gasteiger charge is -2.35. The SMILES string of the molecule is N#Cc1cccc(C(=O)N2CCN(Cc3ccccc3Cl)CC2)c1. The molecule has 0 aliphatic carbocycles. The summed E-state index contributed by atoms with van der Waals surface area (Å²) in [5, 5.41) is 9.74. The van der Waals surface area contributed by atoms with Gasteiger partial charge in [-0.2, -0.15) is 5.26 Å². The first-order valence-electron chi connectivity index (χ1n) is 7.92. The Labute approximate surface area is 146 Å². The van der Waals surface area contributed by atoms with E-state index in [2.05, 4.69) is 11.0 Å². The van der Waals surface area contributed by atoms with Crippen LogP contribution in [0.15, 0.2) is 48.5 Å². The van der Waals surface area contributed by atoms with Crippen molar-refractivity contribution in [3.63, 3.8) is 0 Å². The lowest BCUT2D eigenvalue weighted by Crippen LogP contribution is -2.48. The largest absolute Gasteiger partial charge is 0.336 e. The van der Waals surface area contributed by atoms with Crippen molar-refractivity contribution < 1.29 is 4.79 Å². The molecule has 0 bridgehead atoms. The van der Waals surface area contributed by atoms with E-state index >= 15 is 0 Å². The van der Waals surface area contributed by atoms with Gasteiger partial charge in [0.05, 0.1) is 11.6 Å². The topological polar surface area (TPSA) is 47.3 Å². The van der Waals surface area contributed by atoms with E-state index < -0.39 is 0 Å². The van der Waals surface area contributed by atoms with Crippen molar-refractivity contribution in [2.45, 2.75) is 6.54 Å². The molecule has 4 nitrogen and oxygen atoms in total. The third kappa shape index (κ3) is 3.76. The summed E-state index contributed by atoms with van der Waals surface area (Å²) in [6.07, 6.45) is 0. The van der Waals surface area contributed by atoms with E-state index in [4.69, 9.17) is 16.9 Å². The van der Waals surface area contributed by atoms with Gasteiger partial charge in [0.2, 0.25) is 0 Å². The fourth-order valence-electron chi connectivity index (χ4n) is 2.88. The number of amides is 1. The van der Waals surface area contributed by atoms with Gasteiger partial charge in [0.15, 0.2) is 0 Å². The van der Waals surface area contributed by atoms with E-state index in [1.165, 1.54) is 0 Å². The van der Waals surface area contributed by atoms with Gasteiger partial charge in [-0.05, 0) is 29.8 Å². The average Bonchev–Trinajstić information content (AvgIpc) is 2.64. The maximum absolute atomic E-state index is 12.6. The van der Waals surface area contributed by atoms with E-state index in [-0.39, 0.29) is 5.91 Å². The molecule has 24 heavy (non-hydrogen) atoms. The number of nitrogens with zero attached hydrogens (tertiary/aromatic N) is 3. The number of benzene rings is 2. The summed E-state index contributed by atoms with van der Waals surface area (Å²) in [7, 11) is 0. The van der Waals surface area contributed by atoms with Gasteiger partial charge in [-0.25, -0.2) is 0 Å². The van der Waals surface area contributed by atoms with Gasteiger partial charge >= 0.3 is 0 Å². The Hall–Kier alpha value is -2.35. The summed E-state index contributed by atoms with van der Waals surface area (Å²) in [5.41, 5.74) is 2.20. The van der Waals surface area contributed by atoms with Crippen LogP contribution in [-0.4, -0.2) is 41.9 Å². The molecule has 3 rings (SSSR count). The minimum atomic E-state index is -0.00973. The Bertz CT molecular complexity index is 776. The van der Waals surface area contributed by atoms with Crippen molar-refractivity contribution in [1.82, 2.24) is 9.80 Å². The van der Waals surface area contributed by atoms with Crippen molar-refractivity contribution in [3.05, 3.63) is 70.2 Å². The first-order chi connectivity index (χ1) is 11.7. The van der Waals surface area contributed by atoms with Crippen LogP contribution in [-0.2, 0) is 6.54 Å². The van der Waals surface area contributed by atoms with Gasteiger partial charge in [-0.3, -0.25) is 9.69 Å². The molecule has 2 aromatic carbocycles. The summed E-state index contributed by atoms with van der Waals surface area (Å²) in [4.78, 5) is 16.7. The molecular formula is C19H18ClN3O. The molecule has 1 heterocycles. The Morgan fingerprint density at radius 3 is 2.54 bits per heavy atom. The fourth-order valence-corrected chi connectivity index (χ4v) is 3.08. The molecule has 0 saturated carbocycles. The van der Waals surface area contributed by atoms with Gasteiger partial charge in [0, 0.05) is 43.3 Å². The van der Waals surface area contributed by atoms with Crippen LogP contribution in [0.2, 0.25) is 5.02 Å². The lowest BCUT2D eigenvalue weighted by atomic mass is 10.1. The van der Waals surface area contributed by atoms with Crippen LogP contribution in [0.4, 0.5) is 0 Å². The molecule has 2 aromatic rings. The quantitative estimate of drug-likeness (QED) is 0.863. The Kier molecular flexibility index (Phi) is 5.14. The standard InChI is InChI=1S/C19H18ClN3O/c20-18-7-2-1-5-17(18)14-22-8-10-23(11-9-22)19(24)16-6-3-4-15(12-16)13-21/h1-7,12H,8-11,14H2. The molecule has 1 aliphatic rings. The first kappa shape index (κ1) is 16.5. The lowest BCUT2D eigenvalue weighted by molar-refractivity contribution is 0.0628. The second-order valence-corrected chi connectivity index (χ2v) is 6.26. The van der Waals surface area contributed by atoms with Crippen LogP contribution < -0.4 is 0 Å². The van der Waals surface area contributed by atoms with Crippen molar-refractivity contribution in [2.75, 3.05) is 26.2 Å². The number of piperazine rings is 1. The Morgan fingerprint density at radius 2 is 1.83 bits per heavy atom. The van der Waals surface area contributed by atoms with Gasteiger partial charge in [0.1, 0.15) is 0 Å². The van der Waals surface area contributed by atoms with Gasteiger partial charge in [-0.1, -0.05) is 35.9 Å². The normalized spacial score (nSPS) is 15.1. The highest BCUT2D eigenvalue weighted by Crippen LogP contribution is 2.18. The third-order valence-corrected chi connectivity index (χ3v) is 4.62. The highest BCUT2D eigenvalue weighted by Gasteiger charge is 2.22. The predicted octanol–water partition coefficient (Wildman–Crippen LogP) is 3.17. The maximum atomic E-state index is 12.6. The van der Waals surface area contributed by atoms with Gasteiger partial charge < -0.3 is 4.90 Å². The number of nitriles is 1. The molecule has 1 saturated heterocycles. The number of rotatable bonds is 3. The Balaban J connectivity index is 1.59. The van der Waals surface area contributed by atoms with Crippen LogP contribution in [0, 0.1) is 11.3 Å². The first-order valence-corrected chi connectivity index (χ1v) is 8.30. The average molecular weight is 340 g/mol. The summed E-state index contributed by atoms with van der Waals surface area (Å²) in [6, 6.07) is 16.8. The van der Waals surface area contributed by atoms with E-state index in [0.29, 0.717) is 24.2 Å². The van der Waals surface area contributed by atoms with Crippen molar-refractivity contribution in [2.24, 2.45) is 0 Å². The third-order valence-electron chi connectivity index (χ3n) is 4.25. The zero-order chi connectivity index (χ0) is 16.9. The summed E-state index contributed by atoms with van der Waals surface area (Å²) >= 11 is 6.21.